The minimum atomic E-state index is -1.51. The number of hydrogen-bond acceptors (Lipinski definition) is 21. The summed E-state index contributed by atoms with van der Waals surface area (Å²) < 4.78 is 37.5. The molecule has 0 bridgehead atoms. The van der Waals surface area contributed by atoms with E-state index in [0.717, 1.165) is 130 Å². The Morgan fingerprint density at radius 2 is 1.13 bits per heavy atom. The number of ether oxygens (including phenoxy) is 6. The van der Waals surface area contributed by atoms with Gasteiger partial charge in [0.25, 0.3) is 5.82 Å². The molecule has 0 spiro atoms. The average molecular weight is 1430 g/mol. The van der Waals surface area contributed by atoms with Gasteiger partial charge in [-0.15, -0.1) is 21.0 Å². The van der Waals surface area contributed by atoms with E-state index in [2.05, 4.69) is 96.0 Å². The maximum atomic E-state index is 13.2. The van der Waals surface area contributed by atoms with Gasteiger partial charge in [-0.25, -0.2) is 0 Å². The molecule has 2 aromatic carbocycles. The quantitative estimate of drug-likeness (QED) is 0.0583. The Labute approximate surface area is 602 Å². The van der Waals surface area contributed by atoms with Gasteiger partial charge in [0, 0.05) is 42.2 Å². The molecule has 26 heteroatoms. The number of benzene rings is 2. The number of aromatic nitrogens is 4. The van der Waals surface area contributed by atoms with Crippen molar-refractivity contribution in [3.8, 4) is 46.7 Å². The van der Waals surface area contributed by atoms with Crippen LogP contribution in [0.3, 0.4) is 0 Å². The van der Waals surface area contributed by atoms with Gasteiger partial charge in [0.1, 0.15) is 66.0 Å². The summed E-state index contributed by atoms with van der Waals surface area (Å²) in [5, 5.41) is 90.4. The number of nitrogens with zero attached hydrogens (tertiary/aromatic N) is 5. The minimum Gasteiger partial charge on any atom is -0.454 e. The van der Waals surface area contributed by atoms with Crippen LogP contribution in [0.4, 0.5) is 11.6 Å². The molecule has 6 fully saturated rings. The summed E-state index contributed by atoms with van der Waals surface area (Å²) in [7, 11) is 1.84. The van der Waals surface area contributed by atoms with E-state index in [0.29, 0.717) is 35.9 Å². The Morgan fingerprint density at radius 3 is 1.62 bits per heavy atom. The van der Waals surface area contributed by atoms with Crippen LogP contribution in [0.5, 0.6) is 23.0 Å². The summed E-state index contributed by atoms with van der Waals surface area (Å²) in [6, 6.07) is 15.5. The van der Waals surface area contributed by atoms with Crippen LogP contribution < -0.4 is 61.7 Å². The van der Waals surface area contributed by atoms with Gasteiger partial charge in [-0.3, -0.25) is 16.0 Å². The lowest BCUT2D eigenvalue weighted by molar-refractivity contribution is -0.782. The number of quaternary nitrogens is 1. The molecule has 12 aliphatic rings. The number of hydrogen-bond donors (Lipinski definition) is 12. The van der Waals surface area contributed by atoms with Crippen LogP contribution in [-0.4, -0.2) is 143 Å². The maximum Gasteiger partial charge on any atom is 0.508 e. The number of carbonyl (C=O) groups excluding carboxylic acids is 1. The molecule has 18 atom stereocenters. The van der Waals surface area contributed by atoms with Gasteiger partial charge in [-0.1, -0.05) is 55.5 Å². The molecule has 15 N–H and O–H groups in total. The zero-order valence-electron chi connectivity index (χ0n) is 59.4. The molecule has 4 saturated carbocycles. The lowest BCUT2D eigenvalue weighted by atomic mass is 9.51. The fourth-order valence-electron chi connectivity index (χ4n) is 19.5. The number of nitrogens with two attached hydrogens (primary N) is 1. The lowest BCUT2D eigenvalue weighted by Crippen LogP contribution is -2.64. The van der Waals surface area contributed by atoms with Crippen molar-refractivity contribution >= 4 is 23.1 Å². The third-order valence-corrected chi connectivity index (χ3v) is 24.9. The third-order valence-electron chi connectivity index (χ3n) is 24.9. The molecule has 0 unspecified atom stereocenters. The normalized spacial score (nSPS) is 34.8. The second-order valence-electron chi connectivity index (χ2n) is 30.1. The molecule has 16 rings (SSSR count). The molecule has 552 valence electrons. The molecule has 4 aromatic rings. The first kappa shape index (κ1) is 72.5. The second-order valence-corrected chi connectivity index (χ2v) is 30.1. The van der Waals surface area contributed by atoms with E-state index >= 15 is 0 Å². The average Bonchev–Trinajstić information content (AvgIpc) is 1.49. The number of aliphatic hydroxyl groups is 8. The Bertz CT molecular complexity index is 4450. The second kappa shape index (κ2) is 28.4. The Morgan fingerprint density at radius 1 is 0.654 bits per heavy atom. The van der Waals surface area contributed by atoms with Crippen molar-refractivity contribution < 1.29 is 88.9 Å². The minimum absolute atomic E-state index is 0.0485. The molecule has 6 heterocycles. The highest BCUT2D eigenvalue weighted by Crippen LogP contribution is 2.69. The van der Waals surface area contributed by atoms with E-state index in [1.54, 1.807) is 5.57 Å². The topological polar surface area (TPSA) is 376 Å². The number of anilines is 1. The monoisotopic (exact) mass is 1430 g/mol. The zero-order chi connectivity index (χ0) is 73.5. The van der Waals surface area contributed by atoms with Crippen molar-refractivity contribution in [1.82, 2.24) is 19.9 Å². The van der Waals surface area contributed by atoms with Crippen LogP contribution in [0.25, 0.3) is 0 Å². The van der Waals surface area contributed by atoms with Crippen molar-refractivity contribution in [3.63, 3.8) is 0 Å². The van der Waals surface area contributed by atoms with Crippen LogP contribution in [0, 0.1) is 58.2 Å². The van der Waals surface area contributed by atoms with Crippen molar-refractivity contribution in [1.29, 1.82) is 0 Å². The van der Waals surface area contributed by atoms with Gasteiger partial charge >= 0.3 is 11.4 Å². The molecule has 0 amide bonds. The molecule has 8 aliphatic carbocycles. The van der Waals surface area contributed by atoms with E-state index in [1.807, 2.05) is 39.1 Å². The predicted molar refractivity (Wildman–Crippen MR) is 376 cm³/mol. The van der Waals surface area contributed by atoms with Crippen LogP contribution >= 0.6 is 0 Å². The summed E-state index contributed by atoms with van der Waals surface area (Å²) in [4.78, 5) is 38.6. The van der Waals surface area contributed by atoms with Crippen LogP contribution in [-0.2, 0) is 20.9 Å². The number of hydrazone groups is 1. The standard InChI is InChI=1S/C31H37N3O3.C28H30O4.C19H26N6O10/c1-5-13-31(35)14-12-26-24-9-6-20-15-22(34-33-19(2)32-4)8-10-23(20)29(24)25(17-30(26,31)3)21-7-11-27-28(16-21)37-18-36-27;1-3-11-28(30)12-10-23-21-7-4-17-13-19(29)6-8-20(17)26(21)22(15-27(23,28)2)18-5-9-24-25(14-18)32-16-31-24;20-10-1-3-22(16-14(30)12(28)8(5-26)34-16)18(32)24(10)7-25-11(21)2-4-23(19(25)33)17-15(31)13(29)9(6-27)35-17/h7,11,15-16,24-26,32-33,35H,2,6,8-10,12,14,17-18H2,1,3-4H3;5,9,13-14,21-23,30H,4,6-8,10,12,15-16H2,1-2H3;1-4,8-9,12-17,20-21,26-31H,5-7H2/p+3/b34-22+;;/t24-,25+,26-,30-,31-;21-,22+,23-,27-,28-;8-,9-,12-,13-,14-,15-,16-,17-/m001/s1. The Hall–Kier alpha value is -8.48. The summed E-state index contributed by atoms with van der Waals surface area (Å²) in [5.41, 5.74) is 21.1. The van der Waals surface area contributed by atoms with E-state index in [-0.39, 0.29) is 53.7 Å². The van der Waals surface area contributed by atoms with Crippen molar-refractivity contribution in [2.45, 2.75) is 196 Å². The third kappa shape index (κ3) is 12.4. The Kier molecular flexibility index (Phi) is 19.8. The maximum absolute atomic E-state index is 13.2. The number of allylic oxidation sites excluding steroid dienone is 8. The summed E-state index contributed by atoms with van der Waals surface area (Å²) in [6.07, 6.45) is 8.80. The SMILES string of the molecule is C=C(NC)N/N=C1/C=C2CC[C@@H]3C(=C2CC1)[C@@H](c1ccc2c(c1)OCO2)C[C@@]1(C)[C@H]3CC[C@@]1(O)C#CC.CC#C[C@]1(O)CC[C@H]2[C@@H]3CCC4=CC(=O)CCC4=C3[C@@H](c3ccc4c(c3)OCO4)C[C@@]21C.Nc1cc[n+]([C@@H]2O[C@H](CO)[C@@H](O)[C@H]2O)c(=O)n1Cn1c([NH3+])cc[n+]([C@@H]2O[C@H](CO)[C@@H](O)[C@H]2O)c1=O. The first-order valence-electron chi connectivity index (χ1n) is 36.2. The highest BCUT2D eigenvalue weighted by Gasteiger charge is 2.65. The number of carbonyl (C=O) groups is 1. The van der Waals surface area contributed by atoms with Crippen LogP contribution in [0.2, 0.25) is 0 Å². The fourth-order valence-corrected chi connectivity index (χ4v) is 19.5. The highest BCUT2D eigenvalue weighted by molar-refractivity contribution is 5.98. The molecule has 2 saturated heterocycles. The fraction of sp³-hybridized carbons (Fsp3) is 0.538. The molecule has 2 aromatic heterocycles. The van der Waals surface area contributed by atoms with Crippen molar-refractivity contribution in [3.05, 3.63) is 151 Å². The number of fused-ring (bicyclic) bond motifs is 10. The van der Waals surface area contributed by atoms with E-state index in [4.69, 9.17) is 34.2 Å². The van der Waals surface area contributed by atoms with Gasteiger partial charge in [-0.05, 0) is 191 Å². The first-order chi connectivity index (χ1) is 49.9. The van der Waals surface area contributed by atoms with Crippen molar-refractivity contribution in [2.75, 3.05) is 39.6 Å². The molecular formula is C78H96N9O17+3. The molecular weight excluding hydrogens is 1330 g/mol. The van der Waals surface area contributed by atoms with Crippen molar-refractivity contribution in [2.24, 2.45) is 39.6 Å². The zero-order valence-corrected chi connectivity index (χ0v) is 59.4. The van der Waals surface area contributed by atoms with Crippen LogP contribution in [0.1, 0.15) is 153 Å². The number of nitrogens with one attached hydrogen (secondary N) is 2. The molecule has 104 heavy (non-hydrogen) atoms. The van der Waals surface area contributed by atoms with Crippen LogP contribution in [0.15, 0.2) is 134 Å². The molecule has 0 radical (unpaired) electrons. The summed E-state index contributed by atoms with van der Waals surface area (Å²) >= 11 is 0. The van der Waals surface area contributed by atoms with E-state index in [1.165, 1.54) is 63.5 Å². The van der Waals surface area contributed by atoms with E-state index in [9.17, 15) is 55.2 Å². The summed E-state index contributed by atoms with van der Waals surface area (Å²) in [5.74, 6) is 19.0. The van der Waals surface area contributed by atoms with E-state index < -0.39 is 91.5 Å². The highest BCUT2D eigenvalue weighted by atomic mass is 16.7. The number of nitrogen functional groups attached to an aromatic ring is 1. The predicted octanol–water partition coefficient (Wildman–Crippen LogP) is 2.97. The van der Waals surface area contributed by atoms with Gasteiger partial charge in [0.05, 0.1) is 25.0 Å². The number of rotatable bonds is 11. The van der Waals surface area contributed by atoms with Gasteiger partial charge in [-0.2, -0.15) is 23.8 Å². The number of aliphatic hydroxyl groups excluding tert-OH is 6. The van der Waals surface area contributed by atoms with Gasteiger partial charge in [0.2, 0.25) is 38.5 Å². The largest absolute Gasteiger partial charge is 0.508 e. The molecule has 4 aliphatic heterocycles. The first-order valence-corrected chi connectivity index (χ1v) is 36.2. The number of ketones is 1. The lowest BCUT2D eigenvalue weighted by Gasteiger charge is -2.53. The smallest absolute Gasteiger partial charge is 0.454 e. The Balaban J connectivity index is 0.000000132. The van der Waals surface area contributed by atoms with Gasteiger partial charge in [0.15, 0.2) is 28.8 Å². The summed E-state index contributed by atoms with van der Waals surface area (Å²) in [6.45, 7) is 11.1. The molecule has 26 nitrogen and oxygen atoms in total. The van der Waals surface area contributed by atoms with Gasteiger partial charge < -0.3 is 80.3 Å².